The Morgan fingerprint density at radius 1 is 1.58 bits per heavy atom. The molecule has 2 N–H and O–H groups in total. The minimum Gasteiger partial charge on any atom is -0.324 e. The third-order valence-corrected chi connectivity index (χ3v) is 2.59. The van der Waals surface area contributed by atoms with Crippen LogP contribution in [-0.2, 0) is 10.0 Å². The fraction of sp³-hybridized carbons (Fsp3) is 0.429. The van der Waals surface area contributed by atoms with E-state index >= 15 is 0 Å². The minimum absolute atomic E-state index is 0.131. The van der Waals surface area contributed by atoms with Gasteiger partial charge in [-0.2, -0.15) is 0 Å². The summed E-state index contributed by atoms with van der Waals surface area (Å²) in [6, 6.07) is 1.57. The van der Waals surface area contributed by atoms with Crippen LogP contribution in [0.3, 0.4) is 0 Å². The Kier molecular flexibility index (Phi) is 2.25. The third kappa shape index (κ3) is 1.86. The van der Waals surface area contributed by atoms with E-state index in [9.17, 15) is 8.42 Å². The Balaban J connectivity index is 3.09. The summed E-state index contributed by atoms with van der Waals surface area (Å²) < 4.78 is 23.1. The van der Waals surface area contributed by atoms with Crippen molar-refractivity contribution in [1.82, 2.24) is 3.97 Å². The first-order chi connectivity index (χ1) is 5.41. The zero-order valence-electron chi connectivity index (χ0n) is 7.06. The van der Waals surface area contributed by atoms with Crippen molar-refractivity contribution in [2.24, 2.45) is 5.73 Å². The number of rotatable bonds is 2. The Hall–Kier alpha value is -0.810. The molecular formula is C7H12N2O2S. The van der Waals surface area contributed by atoms with E-state index in [1.807, 2.05) is 6.92 Å². The molecule has 0 saturated heterocycles. The van der Waals surface area contributed by atoms with Gasteiger partial charge in [-0.15, -0.1) is 0 Å². The van der Waals surface area contributed by atoms with Crippen molar-refractivity contribution in [2.75, 3.05) is 6.26 Å². The molecule has 0 amide bonds. The fourth-order valence-electron chi connectivity index (χ4n) is 0.868. The fourth-order valence-corrected chi connectivity index (χ4v) is 1.46. The van der Waals surface area contributed by atoms with Crippen molar-refractivity contribution < 1.29 is 8.42 Å². The molecule has 5 heteroatoms. The van der Waals surface area contributed by atoms with E-state index in [1.54, 1.807) is 6.07 Å². The first-order valence-electron chi connectivity index (χ1n) is 3.55. The van der Waals surface area contributed by atoms with Crippen molar-refractivity contribution >= 4 is 10.0 Å². The summed E-state index contributed by atoms with van der Waals surface area (Å²) in [6.45, 7) is 1.81. The van der Waals surface area contributed by atoms with Gasteiger partial charge < -0.3 is 5.73 Å². The van der Waals surface area contributed by atoms with Crippen LogP contribution in [0, 0.1) is 0 Å². The highest BCUT2D eigenvalue weighted by molar-refractivity contribution is 7.89. The number of hydrogen-bond donors (Lipinski definition) is 1. The van der Waals surface area contributed by atoms with E-state index in [0.717, 1.165) is 15.8 Å². The van der Waals surface area contributed by atoms with E-state index in [-0.39, 0.29) is 6.04 Å². The van der Waals surface area contributed by atoms with Crippen LogP contribution in [0.1, 0.15) is 18.5 Å². The van der Waals surface area contributed by atoms with Crippen LogP contribution in [-0.4, -0.2) is 18.6 Å². The highest BCUT2D eigenvalue weighted by Gasteiger charge is 2.07. The molecule has 4 nitrogen and oxygen atoms in total. The quantitative estimate of drug-likeness (QED) is 0.726. The molecule has 0 bridgehead atoms. The predicted octanol–water partition coefficient (Wildman–Crippen LogP) is 0.316. The molecule has 1 unspecified atom stereocenters. The van der Waals surface area contributed by atoms with Crippen molar-refractivity contribution in [3.05, 3.63) is 24.0 Å². The summed E-state index contributed by atoms with van der Waals surface area (Å²) in [5.74, 6) is 0. The lowest BCUT2D eigenvalue weighted by molar-refractivity contribution is 0.593. The van der Waals surface area contributed by atoms with E-state index in [4.69, 9.17) is 5.73 Å². The average molecular weight is 188 g/mol. The predicted molar refractivity (Wildman–Crippen MR) is 47.3 cm³/mol. The SMILES string of the molecule is CC(N)c1ccn(S(C)(=O)=O)c1. The van der Waals surface area contributed by atoms with Crippen molar-refractivity contribution in [1.29, 1.82) is 0 Å². The van der Waals surface area contributed by atoms with Gasteiger partial charge in [-0.3, -0.25) is 3.97 Å². The maximum atomic E-state index is 11.0. The largest absolute Gasteiger partial charge is 0.324 e. The zero-order valence-corrected chi connectivity index (χ0v) is 7.88. The Morgan fingerprint density at radius 2 is 2.17 bits per heavy atom. The maximum absolute atomic E-state index is 11.0. The molecule has 0 saturated carbocycles. The van der Waals surface area contributed by atoms with Gasteiger partial charge in [0.25, 0.3) is 0 Å². The minimum atomic E-state index is -3.15. The van der Waals surface area contributed by atoms with Gasteiger partial charge in [0.1, 0.15) is 0 Å². The molecule has 0 aliphatic heterocycles. The second-order valence-electron chi connectivity index (χ2n) is 2.83. The molecule has 0 radical (unpaired) electrons. The van der Waals surface area contributed by atoms with Crippen LogP contribution in [0.15, 0.2) is 18.5 Å². The van der Waals surface area contributed by atoms with E-state index in [2.05, 4.69) is 0 Å². The topological polar surface area (TPSA) is 65.1 Å². The second kappa shape index (κ2) is 2.91. The van der Waals surface area contributed by atoms with Gasteiger partial charge >= 0.3 is 0 Å². The summed E-state index contributed by atoms with van der Waals surface area (Å²) in [5.41, 5.74) is 6.38. The number of nitrogens with two attached hydrogens (primary N) is 1. The second-order valence-corrected chi connectivity index (χ2v) is 4.71. The lowest BCUT2D eigenvalue weighted by Gasteiger charge is -2.00. The third-order valence-electron chi connectivity index (χ3n) is 1.60. The lowest BCUT2D eigenvalue weighted by atomic mass is 10.2. The molecular weight excluding hydrogens is 176 g/mol. The van der Waals surface area contributed by atoms with Gasteiger partial charge in [0.15, 0.2) is 0 Å². The van der Waals surface area contributed by atoms with Crippen molar-refractivity contribution in [3.8, 4) is 0 Å². The Bertz CT molecular complexity index is 365. The molecule has 1 rings (SSSR count). The molecule has 12 heavy (non-hydrogen) atoms. The van der Waals surface area contributed by atoms with Gasteiger partial charge in [-0.05, 0) is 18.6 Å². The average Bonchev–Trinajstić information content (AvgIpc) is 2.30. The molecule has 0 spiro atoms. The Labute approximate surface area is 72.0 Å². The van der Waals surface area contributed by atoms with Gasteiger partial charge in [-0.1, -0.05) is 0 Å². The van der Waals surface area contributed by atoms with Crippen LogP contribution in [0.4, 0.5) is 0 Å². The van der Waals surface area contributed by atoms with Gasteiger partial charge in [0.2, 0.25) is 10.0 Å². The van der Waals surface area contributed by atoms with E-state index < -0.39 is 10.0 Å². The van der Waals surface area contributed by atoms with E-state index in [0.29, 0.717) is 0 Å². The summed E-state index contributed by atoms with van der Waals surface area (Å²) in [4.78, 5) is 0. The lowest BCUT2D eigenvalue weighted by Crippen LogP contribution is -2.08. The monoisotopic (exact) mass is 188 g/mol. The Morgan fingerprint density at radius 3 is 2.42 bits per heavy atom. The van der Waals surface area contributed by atoms with Crippen LogP contribution in [0.5, 0.6) is 0 Å². The summed E-state index contributed by atoms with van der Waals surface area (Å²) in [7, 11) is -3.15. The standard InChI is InChI=1S/C7H12N2O2S/c1-6(8)7-3-4-9(5-7)12(2,10)11/h3-6H,8H2,1-2H3. The molecule has 1 aromatic heterocycles. The zero-order chi connectivity index (χ0) is 9.35. The maximum Gasteiger partial charge on any atom is 0.235 e. The van der Waals surface area contributed by atoms with Crippen LogP contribution >= 0.6 is 0 Å². The first kappa shape index (κ1) is 9.28. The highest BCUT2D eigenvalue weighted by atomic mass is 32.2. The van der Waals surface area contributed by atoms with Gasteiger partial charge in [0, 0.05) is 18.4 Å². The highest BCUT2D eigenvalue weighted by Crippen LogP contribution is 2.10. The molecule has 0 aliphatic carbocycles. The summed E-state index contributed by atoms with van der Waals surface area (Å²) >= 11 is 0. The molecule has 0 aliphatic rings. The molecule has 68 valence electrons. The first-order valence-corrected chi connectivity index (χ1v) is 5.40. The van der Waals surface area contributed by atoms with Crippen molar-refractivity contribution in [2.45, 2.75) is 13.0 Å². The molecule has 1 heterocycles. The van der Waals surface area contributed by atoms with E-state index in [1.165, 1.54) is 12.4 Å². The molecule has 0 fully saturated rings. The van der Waals surface area contributed by atoms with Gasteiger partial charge in [-0.25, -0.2) is 8.42 Å². The summed E-state index contributed by atoms with van der Waals surface area (Å²) in [5, 5.41) is 0. The van der Waals surface area contributed by atoms with Gasteiger partial charge in [0.05, 0.1) is 6.26 Å². The molecule has 1 atom stereocenters. The van der Waals surface area contributed by atoms with Crippen LogP contribution in [0.2, 0.25) is 0 Å². The van der Waals surface area contributed by atoms with Crippen LogP contribution < -0.4 is 5.73 Å². The normalized spacial score (nSPS) is 14.6. The molecule has 1 aromatic rings. The smallest absolute Gasteiger partial charge is 0.235 e. The summed E-state index contributed by atoms with van der Waals surface area (Å²) in [6.07, 6.45) is 4.17. The molecule has 0 aromatic carbocycles. The number of hydrogen-bond acceptors (Lipinski definition) is 3. The van der Waals surface area contributed by atoms with Crippen LogP contribution in [0.25, 0.3) is 0 Å². The van der Waals surface area contributed by atoms with Crippen molar-refractivity contribution in [3.63, 3.8) is 0 Å². The number of aromatic nitrogens is 1. The number of nitrogens with zero attached hydrogens (tertiary/aromatic N) is 1.